The van der Waals surface area contributed by atoms with Crippen molar-refractivity contribution in [2.75, 3.05) is 0 Å². The molecule has 0 saturated heterocycles. The highest BCUT2D eigenvalue weighted by Gasteiger charge is 2.34. The summed E-state index contributed by atoms with van der Waals surface area (Å²) in [6, 6.07) is 1.45. The van der Waals surface area contributed by atoms with Crippen LogP contribution in [-0.4, -0.2) is 9.97 Å². The molecule has 2 rings (SSSR count). The average molecular weight is 260 g/mol. The Morgan fingerprint density at radius 3 is 2.39 bits per heavy atom. The van der Waals surface area contributed by atoms with Crippen LogP contribution in [0.1, 0.15) is 5.56 Å². The summed E-state index contributed by atoms with van der Waals surface area (Å²) in [6.45, 7) is 0. The minimum absolute atomic E-state index is 0.475. The van der Waals surface area contributed by atoms with E-state index in [-0.39, 0.29) is 0 Å². The number of aromatic nitrogens is 2. The first-order valence-electron chi connectivity index (χ1n) is 4.72. The van der Waals surface area contributed by atoms with Gasteiger partial charge in [0.25, 0.3) is 0 Å². The molecule has 0 saturated carbocycles. The van der Waals surface area contributed by atoms with Crippen LogP contribution in [0.5, 0.6) is 0 Å². The van der Waals surface area contributed by atoms with Crippen molar-refractivity contribution in [3.8, 4) is 11.3 Å². The van der Waals surface area contributed by atoms with Gasteiger partial charge in [-0.25, -0.2) is 8.78 Å². The van der Waals surface area contributed by atoms with E-state index in [1.807, 2.05) is 0 Å². The maximum absolute atomic E-state index is 13.4. The highest BCUT2D eigenvalue weighted by Crippen LogP contribution is 2.36. The van der Waals surface area contributed by atoms with E-state index in [1.165, 1.54) is 0 Å². The van der Waals surface area contributed by atoms with Gasteiger partial charge in [0, 0.05) is 24.0 Å². The van der Waals surface area contributed by atoms with Crippen LogP contribution >= 0.6 is 0 Å². The lowest BCUT2D eigenvalue weighted by atomic mass is 10.1. The third kappa shape index (κ3) is 2.29. The second-order valence-corrected chi connectivity index (χ2v) is 3.40. The minimum Gasteiger partial charge on any atom is -0.264 e. The van der Waals surface area contributed by atoms with E-state index in [2.05, 4.69) is 9.97 Å². The molecule has 0 spiro atoms. The first-order valence-corrected chi connectivity index (χ1v) is 4.72. The Balaban J connectivity index is 2.64. The number of nitrogens with zero attached hydrogens (tertiary/aromatic N) is 2. The highest BCUT2D eigenvalue weighted by atomic mass is 19.4. The molecule has 0 radical (unpaired) electrons. The van der Waals surface area contributed by atoms with Gasteiger partial charge >= 0.3 is 6.18 Å². The predicted octanol–water partition coefficient (Wildman–Crippen LogP) is 3.44. The van der Waals surface area contributed by atoms with Gasteiger partial charge in [-0.2, -0.15) is 13.2 Å². The molecule has 0 unspecified atom stereocenters. The van der Waals surface area contributed by atoms with Crippen molar-refractivity contribution in [3.63, 3.8) is 0 Å². The van der Waals surface area contributed by atoms with E-state index in [4.69, 9.17) is 0 Å². The molecule has 0 bridgehead atoms. The van der Waals surface area contributed by atoms with E-state index >= 15 is 0 Å². The molecule has 0 atom stereocenters. The maximum atomic E-state index is 13.4. The molecule has 0 fully saturated rings. The molecular weight excluding hydrogens is 255 g/mol. The molecular formula is C11H5F5N2. The van der Waals surface area contributed by atoms with Crippen molar-refractivity contribution in [1.29, 1.82) is 0 Å². The van der Waals surface area contributed by atoms with Crippen LogP contribution in [0.4, 0.5) is 22.0 Å². The maximum Gasteiger partial charge on any atom is 0.418 e. The first kappa shape index (κ1) is 12.4. The Bertz CT molecular complexity index is 580. The van der Waals surface area contributed by atoms with E-state index in [1.54, 1.807) is 0 Å². The second kappa shape index (κ2) is 4.32. The molecule has 0 aliphatic heterocycles. The van der Waals surface area contributed by atoms with Gasteiger partial charge in [0.2, 0.25) is 0 Å². The molecule has 18 heavy (non-hydrogen) atoms. The van der Waals surface area contributed by atoms with Crippen LogP contribution in [-0.2, 0) is 6.18 Å². The molecule has 2 nitrogen and oxygen atoms in total. The summed E-state index contributed by atoms with van der Waals surface area (Å²) in [5, 5.41) is 0. The van der Waals surface area contributed by atoms with Crippen molar-refractivity contribution in [2.45, 2.75) is 6.18 Å². The number of alkyl halides is 3. The van der Waals surface area contributed by atoms with Crippen molar-refractivity contribution in [2.24, 2.45) is 0 Å². The van der Waals surface area contributed by atoms with E-state index in [0.29, 0.717) is 18.5 Å². The van der Waals surface area contributed by atoms with Crippen molar-refractivity contribution in [3.05, 3.63) is 47.9 Å². The third-order valence-corrected chi connectivity index (χ3v) is 2.19. The van der Waals surface area contributed by atoms with Gasteiger partial charge in [0.1, 0.15) is 11.5 Å². The quantitative estimate of drug-likeness (QED) is 0.734. The molecule has 0 aliphatic rings. The molecule has 94 valence electrons. The number of hydrogen-bond acceptors (Lipinski definition) is 2. The van der Waals surface area contributed by atoms with Gasteiger partial charge in [-0.05, 0) is 6.07 Å². The van der Waals surface area contributed by atoms with Crippen molar-refractivity contribution in [1.82, 2.24) is 9.97 Å². The highest BCUT2D eigenvalue weighted by molar-refractivity contribution is 5.64. The topological polar surface area (TPSA) is 25.8 Å². The Hall–Kier alpha value is -2.05. The number of halogens is 5. The summed E-state index contributed by atoms with van der Waals surface area (Å²) < 4.78 is 64.1. The van der Waals surface area contributed by atoms with Crippen LogP contribution in [0.2, 0.25) is 0 Å². The lowest BCUT2D eigenvalue weighted by molar-refractivity contribution is -0.137. The van der Waals surface area contributed by atoms with Crippen LogP contribution in [0.3, 0.4) is 0 Å². The Kier molecular flexibility index (Phi) is 2.98. The fourth-order valence-corrected chi connectivity index (χ4v) is 1.44. The Morgan fingerprint density at radius 1 is 1.06 bits per heavy atom. The standard InChI is InChI=1S/C11H5F5N2/c12-6-3-9(13)10(18-4-6)7-1-2-17-5-8(7)11(14,15)16/h1-5H. The third-order valence-electron chi connectivity index (χ3n) is 2.19. The first-order chi connectivity index (χ1) is 8.39. The summed E-state index contributed by atoms with van der Waals surface area (Å²) in [5.74, 6) is -2.12. The second-order valence-electron chi connectivity index (χ2n) is 3.40. The molecule has 2 aromatic heterocycles. The number of pyridine rings is 2. The van der Waals surface area contributed by atoms with Crippen LogP contribution in [0.15, 0.2) is 30.7 Å². The molecule has 7 heteroatoms. The monoisotopic (exact) mass is 260 g/mol. The van der Waals surface area contributed by atoms with Gasteiger partial charge in [-0.1, -0.05) is 0 Å². The molecule has 0 aromatic carbocycles. The summed E-state index contributed by atoms with van der Waals surface area (Å²) in [5.41, 5.74) is -2.16. The molecule has 2 aromatic rings. The summed E-state index contributed by atoms with van der Waals surface area (Å²) in [7, 11) is 0. The molecule has 0 amide bonds. The smallest absolute Gasteiger partial charge is 0.264 e. The molecule has 2 heterocycles. The summed E-state index contributed by atoms with van der Waals surface area (Å²) >= 11 is 0. The zero-order valence-electron chi connectivity index (χ0n) is 8.67. The summed E-state index contributed by atoms with van der Waals surface area (Å²) in [4.78, 5) is 6.68. The average Bonchev–Trinajstić information content (AvgIpc) is 2.28. The van der Waals surface area contributed by atoms with Gasteiger partial charge in [-0.15, -0.1) is 0 Å². The fourth-order valence-electron chi connectivity index (χ4n) is 1.44. The van der Waals surface area contributed by atoms with Crippen molar-refractivity contribution >= 4 is 0 Å². The fraction of sp³-hybridized carbons (Fsp3) is 0.0909. The minimum atomic E-state index is -4.69. The largest absolute Gasteiger partial charge is 0.418 e. The van der Waals surface area contributed by atoms with E-state index in [0.717, 1.165) is 12.3 Å². The Morgan fingerprint density at radius 2 is 1.78 bits per heavy atom. The number of hydrogen-bond donors (Lipinski definition) is 0. The van der Waals surface area contributed by atoms with E-state index in [9.17, 15) is 22.0 Å². The lowest BCUT2D eigenvalue weighted by Crippen LogP contribution is -2.08. The predicted molar refractivity (Wildman–Crippen MR) is 52.4 cm³/mol. The van der Waals surface area contributed by atoms with Gasteiger partial charge < -0.3 is 0 Å². The Labute approximate surface area is 98.1 Å². The van der Waals surface area contributed by atoms with Gasteiger partial charge in [-0.3, -0.25) is 9.97 Å². The normalized spacial score (nSPS) is 11.6. The zero-order valence-corrected chi connectivity index (χ0v) is 8.67. The van der Waals surface area contributed by atoms with E-state index < -0.39 is 34.6 Å². The molecule has 0 aliphatic carbocycles. The van der Waals surface area contributed by atoms with Crippen LogP contribution in [0, 0.1) is 11.6 Å². The number of rotatable bonds is 1. The van der Waals surface area contributed by atoms with Crippen LogP contribution < -0.4 is 0 Å². The summed E-state index contributed by atoms with van der Waals surface area (Å²) in [6.07, 6.45) is -2.39. The SMILES string of the molecule is Fc1cnc(-c2ccncc2C(F)(F)F)c(F)c1. The molecule has 0 N–H and O–H groups in total. The van der Waals surface area contributed by atoms with Crippen molar-refractivity contribution < 1.29 is 22.0 Å². The van der Waals surface area contributed by atoms with Crippen LogP contribution in [0.25, 0.3) is 11.3 Å². The van der Waals surface area contributed by atoms with Gasteiger partial charge in [0.15, 0.2) is 5.82 Å². The lowest BCUT2D eigenvalue weighted by Gasteiger charge is -2.11. The van der Waals surface area contributed by atoms with Gasteiger partial charge in [0.05, 0.1) is 11.8 Å². The zero-order chi connectivity index (χ0) is 13.3.